The molecule has 27 heavy (non-hydrogen) atoms. The minimum absolute atomic E-state index is 0.00222. The highest BCUT2D eigenvalue weighted by Gasteiger charge is 2.23. The van der Waals surface area contributed by atoms with E-state index in [4.69, 9.17) is 10.2 Å². The van der Waals surface area contributed by atoms with Gasteiger partial charge >= 0.3 is 0 Å². The molecule has 0 bridgehead atoms. The van der Waals surface area contributed by atoms with Crippen LogP contribution < -0.4 is 5.56 Å². The van der Waals surface area contributed by atoms with Gasteiger partial charge in [0.1, 0.15) is 0 Å². The first-order valence-corrected chi connectivity index (χ1v) is 9.33. The normalized spacial score (nSPS) is 14.0. The Kier molecular flexibility index (Phi) is 3.50. The average Bonchev–Trinajstić information content (AvgIpc) is 3.00. The van der Waals surface area contributed by atoms with Crippen LogP contribution in [0.25, 0.3) is 33.1 Å². The van der Waals surface area contributed by atoms with Crippen molar-refractivity contribution in [3.05, 3.63) is 70.8 Å². The molecule has 0 spiro atoms. The van der Waals surface area contributed by atoms with E-state index in [0.717, 1.165) is 46.1 Å². The van der Waals surface area contributed by atoms with E-state index in [1.165, 1.54) is 5.57 Å². The summed E-state index contributed by atoms with van der Waals surface area (Å²) in [5.74, 6) is 0. The Bertz CT molecular complexity index is 1280. The molecule has 4 aromatic rings. The predicted octanol–water partition coefficient (Wildman–Crippen LogP) is 4.47. The molecule has 5 heteroatoms. The molecule has 1 aliphatic rings. The molecular formula is C22H20N4O. The lowest BCUT2D eigenvalue weighted by molar-refractivity contribution is 0.505. The number of benzene rings is 1. The highest BCUT2D eigenvalue weighted by molar-refractivity contribution is 6.05. The van der Waals surface area contributed by atoms with Gasteiger partial charge in [-0.2, -0.15) is 10.2 Å². The molecule has 0 unspecified atom stereocenters. The van der Waals surface area contributed by atoms with Crippen LogP contribution in [0.4, 0.5) is 0 Å². The summed E-state index contributed by atoms with van der Waals surface area (Å²) < 4.78 is 3.49. The molecule has 0 radical (unpaired) electrons. The van der Waals surface area contributed by atoms with Gasteiger partial charge in [0.25, 0.3) is 5.56 Å². The first kappa shape index (κ1) is 16.0. The van der Waals surface area contributed by atoms with Crippen LogP contribution in [0.15, 0.2) is 59.5 Å². The second-order valence-corrected chi connectivity index (χ2v) is 7.28. The van der Waals surface area contributed by atoms with E-state index in [-0.39, 0.29) is 11.6 Å². The standard InChI is InChI=1S/C22H20N4O/c1-14(2)26-19(27)11-10-18(23-26)20-21(16-7-5-8-16)24-25-13-12-15-6-3-4-9-17(15)22(20)25/h3-4,6-7,9-14H,5,8H2,1-2H3. The van der Waals surface area contributed by atoms with Gasteiger partial charge in [0, 0.05) is 17.6 Å². The Morgan fingerprint density at radius 1 is 1.04 bits per heavy atom. The van der Waals surface area contributed by atoms with E-state index in [9.17, 15) is 4.79 Å². The number of hydrogen-bond donors (Lipinski definition) is 0. The molecule has 5 rings (SSSR count). The first-order valence-electron chi connectivity index (χ1n) is 9.33. The summed E-state index contributed by atoms with van der Waals surface area (Å²) >= 11 is 0. The molecule has 0 fully saturated rings. The summed E-state index contributed by atoms with van der Waals surface area (Å²) in [4.78, 5) is 12.2. The molecule has 134 valence electrons. The highest BCUT2D eigenvalue weighted by atomic mass is 16.1. The van der Waals surface area contributed by atoms with Crippen molar-refractivity contribution in [2.75, 3.05) is 0 Å². The Labute approximate surface area is 156 Å². The lowest BCUT2D eigenvalue weighted by Crippen LogP contribution is -2.24. The molecule has 0 amide bonds. The Morgan fingerprint density at radius 2 is 1.85 bits per heavy atom. The third-order valence-electron chi connectivity index (χ3n) is 5.20. The maximum atomic E-state index is 12.2. The van der Waals surface area contributed by atoms with Crippen molar-refractivity contribution in [3.63, 3.8) is 0 Å². The molecule has 1 aliphatic carbocycles. The third kappa shape index (κ3) is 2.42. The van der Waals surface area contributed by atoms with Crippen LogP contribution in [0, 0.1) is 0 Å². The minimum Gasteiger partial charge on any atom is -0.268 e. The average molecular weight is 356 g/mol. The summed E-state index contributed by atoms with van der Waals surface area (Å²) in [5, 5.41) is 11.9. The smallest absolute Gasteiger partial charge is 0.267 e. The SMILES string of the molecule is CC(C)n1nc(-c2c(C3=CCC3)nn3ccc4ccccc4c23)ccc1=O. The van der Waals surface area contributed by atoms with E-state index in [1.54, 1.807) is 10.7 Å². The Balaban J connectivity index is 1.91. The Hall–Kier alpha value is -3.21. The lowest BCUT2D eigenvalue weighted by Gasteiger charge is -2.15. The molecule has 0 atom stereocenters. The zero-order chi connectivity index (χ0) is 18.5. The molecule has 3 heterocycles. The van der Waals surface area contributed by atoms with Gasteiger partial charge in [0.2, 0.25) is 0 Å². The maximum absolute atomic E-state index is 12.2. The van der Waals surface area contributed by atoms with Crippen molar-refractivity contribution in [2.24, 2.45) is 0 Å². The molecular weight excluding hydrogens is 336 g/mol. The van der Waals surface area contributed by atoms with Crippen molar-refractivity contribution >= 4 is 21.9 Å². The number of pyridine rings is 1. The van der Waals surface area contributed by atoms with Gasteiger partial charge in [-0.1, -0.05) is 30.3 Å². The fraction of sp³-hybridized carbons (Fsp3) is 0.227. The van der Waals surface area contributed by atoms with Crippen LogP contribution in [0.1, 0.15) is 38.4 Å². The molecule has 5 nitrogen and oxygen atoms in total. The molecule has 1 aromatic carbocycles. The quantitative estimate of drug-likeness (QED) is 0.544. The highest BCUT2D eigenvalue weighted by Crippen LogP contribution is 2.39. The first-order chi connectivity index (χ1) is 13.1. The fourth-order valence-corrected chi connectivity index (χ4v) is 3.71. The number of rotatable bonds is 3. The van der Waals surface area contributed by atoms with Crippen LogP contribution in [-0.2, 0) is 0 Å². The monoisotopic (exact) mass is 356 g/mol. The molecule has 3 aromatic heterocycles. The van der Waals surface area contributed by atoms with Gasteiger partial charge in [0.15, 0.2) is 0 Å². The van der Waals surface area contributed by atoms with Crippen LogP contribution in [0.3, 0.4) is 0 Å². The number of hydrogen-bond acceptors (Lipinski definition) is 3. The van der Waals surface area contributed by atoms with Crippen molar-refractivity contribution in [1.29, 1.82) is 0 Å². The summed E-state index contributed by atoms with van der Waals surface area (Å²) in [6, 6.07) is 13.8. The van der Waals surface area contributed by atoms with Crippen molar-refractivity contribution in [2.45, 2.75) is 32.7 Å². The fourth-order valence-electron chi connectivity index (χ4n) is 3.71. The predicted molar refractivity (Wildman–Crippen MR) is 108 cm³/mol. The lowest BCUT2D eigenvalue weighted by atomic mass is 9.92. The van der Waals surface area contributed by atoms with Gasteiger partial charge in [-0.3, -0.25) is 4.79 Å². The van der Waals surface area contributed by atoms with E-state index in [1.807, 2.05) is 42.8 Å². The van der Waals surface area contributed by atoms with Crippen LogP contribution in [0.5, 0.6) is 0 Å². The molecule has 0 aliphatic heterocycles. The minimum atomic E-state index is -0.0838. The number of nitrogens with zero attached hydrogens (tertiary/aromatic N) is 4. The van der Waals surface area contributed by atoms with Gasteiger partial charge < -0.3 is 0 Å². The topological polar surface area (TPSA) is 52.2 Å². The second kappa shape index (κ2) is 5.91. The van der Waals surface area contributed by atoms with E-state index >= 15 is 0 Å². The van der Waals surface area contributed by atoms with Crippen molar-refractivity contribution in [1.82, 2.24) is 19.4 Å². The summed E-state index contributed by atoms with van der Waals surface area (Å²) in [5.41, 5.74) is 4.97. The molecule has 0 saturated carbocycles. The number of allylic oxidation sites excluding steroid dienone is 2. The van der Waals surface area contributed by atoms with Gasteiger partial charge in [0.05, 0.1) is 28.5 Å². The molecule has 0 saturated heterocycles. The Morgan fingerprint density at radius 3 is 2.59 bits per heavy atom. The second-order valence-electron chi connectivity index (χ2n) is 7.28. The molecule has 0 N–H and O–H groups in total. The van der Waals surface area contributed by atoms with Gasteiger partial charge in [-0.05, 0) is 49.8 Å². The number of aromatic nitrogens is 4. The van der Waals surface area contributed by atoms with Crippen molar-refractivity contribution in [3.8, 4) is 11.3 Å². The maximum Gasteiger partial charge on any atom is 0.267 e. The van der Waals surface area contributed by atoms with Gasteiger partial charge in [-0.25, -0.2) is 9.20 Å². The third-order valence-corrected chi connectivity index (χ3v) is 5.20. The van der Waals surface area contributed by atoms with Crippen molar-refractivity contribution < 1.29 is 0 Å². The van der Waals surface area contributed by atoms with Crippen LogP contribution in [0.2, 0.25) is 0 Å². The summed E-state index contributed by atoms with van der Waals surface area (Å²) in [6.07, 6.45) is 6.34. The zero-order valence-corrected chi connectivity index (χ0v) is 15.4. The summed E-state index contributed by atoms with van der Waals surface area (Å²) in [7, 11) is 0. The van der Waals surface area contributed by atoms with E-state index < -0.39 is 0 Å². The van der Waals surface area contributed by atoms with E-state index in [2.05, 4.69) is 24.3 Å². The number of fused-ring (bicyclic) bond motifs is 3. The van der Waals surface area contributed by atoms with Crippen LogP contribution in [-0.4, -0.2) is 19.4 Å². The zero-order valence-electron chi connectivity index (χ0n) is 15.4. The summed E-state index contributed by atoms with van der Waals surface area (Å²) in [6.45, 7) is 3.94. The largest absolute Gasteiger partial charge is 0.268 e. The van der Waals surface area contributed by atoms with E-state index in [0.29, 0.717) is 0 Å². The van der Waals surface area contributed by atoms with Gasteiger partial charge in [-0.15, -0.1) is 0 Å². The van der Waals surface area contributed by atoms with Crippen LogP contribution >= 0.6 is 0 Å².